The predicted molar refractivity (Wildman–Crippen MR) is 89.5 cm³/mol. The lowest BCUT2D eigenvalue weighted by atomic mass is 9.84. The minimum atomic E-state index is -0.316. The zero-order chi connectivity index (χ0) is 17.4. The molecule has 3 heterocycles. The van der Waals surface area contributed by atoms with Crippen LogP contribution in [-0.2, 0) is 0 Å². The van der Waals surface area contributed by atoms with E-state index in [0.717, 1.165) is 17.7 Å². The van der Waals surface area contributed by atoms with Crippen LogP contribution in [0.15, 0.2) is 41.2 Å². The van der Waals surface area contributed by atoms with E-state index in [2.05, 4.69) is 34.0 Å². The number of hydrogen-bond acceptors (Lipinski definition) is 7. The molecule has 128 valence electrons. The summed E-state index contributed by atoms with van der Waals surface area (Å²) in [5.74, 6) is 2.16. The van der Waals surface area contributed by atoms with Gasteiger partial charge < -0.3 is 14.0 Å². The van der Waals surface area contributed by atoms with Crippen molar-refractivity contribution in [1.82, 2.24) is 20.1 Å². The van der Waals surface area contributed by atoms with Gasteiger partial charge in [0.15, 0.2) is 0 Å². The SMILES string of the molecule is COc1cncc(-c2noc(C3CC(C)(C)Oc4ccccc43)n2)n1. The van der Waals surface area contributed by atoms with Crippen LogP contribution in [0.1, 0.15) is 37.6 Å². The van der Waals surface area contributed by atoms with Gasteiger partial charge in [-0.2, -0.15) is 4.98 Å². The third kappa shape index (κ3) is 2.93. The molecule has 1 aliphatic rings. The second kappa shape index (κ2) is 5.84. The van der Waals surface area contributed by atoms with Gasteiger partial charge in [0, 0.05) is 12.0 Å². The standard InChI is InChI=1S/C18H18N4O3/c1-18(2)8-12(11-6-4-5-7-14(11)24-18)17-21-16(22-25-17)13-9-19-10-15(20-13)23-3/h4-7,9-10,12H,8H2,1-3H3. The van der Waals surface area contributed by atoms with Crippen molar-refractivity contribution in [2.24, 2.45) is 0 Å². The van der Waals surface area contributed by atoms with Crippen LogP contribution in [0.3, 0.4) is 0 Å². The molecule has 0 saturated carbocycles. The van der Waals surface area contributed by atoms with Crippen LogP contribution in [-0.4, -0.2) is 32.8 Å². The van der Waals surface area contributed by atoms with Gasteiger partial charge >= 0.3 is 0 Å². The van der Waals surface area contributed by atoms with E-state index in [1.54, 1.807) is 6.20 Å². The average molecular weight is 338 g/mol. The van der Waals surface area contributed by atoms with E-state index in [9.17, 15) is 0 Å². The average Bonchev–Trinajstić information content (AvgIpc) is 3.10. The van der Waals surface area contributed by atoms with Gasteiger partial charge in [-0.1, -0.05) is 23.4 Å². The predicted octanol–water partition coefficient (Wildman–Crippen LogP) is 3.23. The molecule has 3 aromatic rings. The Kier molecular flexibility index (Phi) is 3.63. The van der Waals surface area contributed by atoms with E-state index in [1.165, 1.54) is 13.3 Å². The first-order valence-corrected chi connectivity index (χ1v) is 8.04. The minimum absolute atomic E-state index is 0.0280. The molecule has 0 bridgehead atoms. The van der Waals surface area contributed by atoms with Crippen LogP contribution in [0, 0.1) is 0 Å². The normalized spacial score (nSPS) is 18.3. The molecule has 2 aromatic heterocycles. The topological polar surface area (TPSA) is 83.2 Å². The fourth-order valence-electron chi connectivity index (χ4n) is 3.06. The molecular formula is C18H18N4O3. The van der Waals surface area contributed by atoms with Gasteiger partial charge in [0.25, 0.3) is 0 Å². The van der Waals surface area contributed by atoms with E-state index >= 15 is 0 Å². The Morgan fingerprint density at radius 2 is 2.00 bits per heavy atom. The van der Waals surface area contributed by atoms with Crippen molar-refractivity contribution < 1.29 is 14.0 Å². The van der Waals surface area contributed by atoms with Crippen molar-refractivity contribution in [1.29, 1.82) is 0 Å². The second-order valence-corrected chi connectivity index (χ2v) is 6.56. The number of methoxy groups -OCH3 is 1. The Morgan fingerprint density at radius 1 is 1.16 bits per heavy atom. The molecule has 0 aliphatic carbocycles. The van der Waals surface area contributed by atoms with E-state index in [4.69, 9.17) is 14.0 Å². The number of hydrogen-bond donors (Lipinski definition) is 0. The van der Waals surface area contributed by atoms with Crippen molar-refractivity contribution in [3.8, 4) is 23.1 Å². The van der Waals surface area contributed by atoms with Crippen molar-refractivity contribution in [3.63, 3.8) is 0 Å². The molecule has 1 aromatic carbocycles. The Balaban J connectivity index is 1.72. The third-order valence-corrected chi connectivity index (χ3v) is 4.17. The molecule has 1 atom stereocenters. The van der Waals surface area contributed by atoms with Gasteiger partial charge in [-0.15, -0.1) is 0 Å². The van der Waals surface area contributed by atoms with Crippen LogP contribution < -0.4 is 9.47 Å². The van der Waals surface area contributed by atoms with Crippen molar-refractivity contribution in [2.75, 3.05) is 7.11 Å². The summed E-state index contributed by atoms with van der Waals surface area (Å²) >= 11 is 0. The van der Waals surface area contributed by atoms with Gasteiger partial charge in [-0.3, -0.25) is 4.98 Å². The van der Waals surface area contributed by atoms with E-state index in [1.807, 2.05) is 24.3 Å². The summed E-state index contributed by atoms with van der Waals surface area (Å²) in [5.41, 5.74) is 1.24. The van der Waals surface area contributed by atoms with Crippen molar-refractivity contribution >= 4 is 0 Å². The Morgan fingerprint density at radius 3 is 2.84 bits per heavy atom. The summed E-state index contributed by atoms with van der Waals surface area (Å²) in [6.45, 7) is 4.11. The highest BCUT2D eigenvalue weighted by Gasteiger charge is 2.37. The molecule has 0 N–H and O–H groups in total. The highest BCUT2D eigenvalue weighted by atomic mass is 16.5. The first kappa shape index (κ1) is 15.6. The molecule has 1 aliphatic heterocycles. The first-order chi connectivity index (χ1) is 12.1. The molecular weight excluding hydrogens is 320 g/mol. The largest absolute Gasteiger partial charge is 0.488 e. The highest BCUT2D eigenvalue weighted by molar-refractivity contribution is 5.48. The number of para-hydroxylation sites is 1. The minimum Gasteiger partial charge on any atom is -0.488 e. The van der Waals surface area contributed by atoms with E-state index in [0.29, 0.717) is 23.3 Å². The molecule has 25 heavy (non-hydrogen) atoms. The maximum absolute atomic E-state index is 6.06. The van der Waals surface area contributed by atoms with E-state index < -0.39 is 0 Å². The third-order valence-electron chi connectivity index (χ3n) is 4.17. The van der Waals surface area contributed by atoms with E-state index in [-0.39, 0.29) is 11.5 Å². The fraction of sp³-hybridized carbons (Fsp3) is 0.333. The molecule has 7 heteroatoms. The summed E-state index contributed by atoms with van der Waals surface area (Å²) in [4.78, 5) is 12.9. The molecule has 0 radical (unpaired) electrons. The second-order valence-electron chi connectivity index (χ2n) is 6.56. The number of benzene rings is 1. The Hall–Kier alpha value is -2.96. The maximum atomic E-state index is 6.06. The number of rotatable bonds is 3. The maximum Gasteiger partial charge on any atom is 0.234 e. The molecule has 4 rings (SSSR count). The van der Waals surface area contributed by atoms with Gasteiger partial charge in [-0.25, -0.2) is 4.98 Å². The first-order valence-electron chi connectivity index (χ1n) is 8.04. The van der Waals surface area contributed by atoms with Gasteiger partial charge in [-0.05, 0) is 19.9 Å². The summed E-state index contributed by atoms with van der Waals surface area (Å²) in [7, 11) is 1.54. The van der Waals surface area contributed by atoms with Crippen LogP contribution in [0.25, 0.3) is 11.5 Å². The van der Waals surface area contributed by atoms with Gasteiger partial charge in [0.1, 0.15) is 17.0 Å². The number of fused-ring (bicyclic) bond motifs is 1. The number of nitrogens with zero attached hydrogens (tertiary/aromatic N) is 4. The quantitative estimate of drug-likeness (QED) is 0.725. The summed E-state index contributed by atoms with van der Waals surface area (Å²) < 4.78 is 16.7. The fourth-order valence-corrected chi connectivity index (χ4v) is 3.06. The number of ether oxygens (including phenoxy) is 2. The van der Waals surface area contributed by atoms with Crippen LogP contribution >= 0.6 is 0 Å². The molecule has 0 amide bonds. The van der Waals surface area contributed by atoms with Crippen LogP contribution in [0.5, 0.6) is 11.6 Å². The zero-order valence-electron chi connectivity index (χ0n) is 14.3. The Labute approximate surface area is 145 Å². The smallest absolute Gasteiger partial charge is 0.234 e. The van der Waals surface area contributed by atoms with Crippen LogP contribution in [0.4, 0.5) is 0 Å². The lowest BCUT2D eigenvalue weighted by Gasteiger charge is -2.36. The molecule has 1 unspecified atom stereocenters. The lowest BCUT2D eigenvalue weighted by molar-refractivity contribution is 0.0725. The molecule has 0 saturated heterocycles. The summed E-state index contributed by atoms with van der Waals surface area (Å²) in [6.07, 6.45) is 3.86. The monoisotopic (exact) mass is 338 g/mol. The summed E-state index contributed by atoms with van der Waals surface area (Å²) in [6, 6.07) is 7.94. The van der Waals surface area contributed by atoms with Crippen molar-refractivity contribution in [3.05, 3.63) is 48.1 Å². The number of aromatic nitrogens is 4. The zero-order valence-corrected chi connectivity index (χ0v) is 14.3. The lowest BCUT2D eigenvalue weighted by Crippen LogP contribution is -2.35. The molecule has 7 nitrogen and oxygen atoms in total. The van der Waals surface area contributed by atoms with Gasteiger partial charge in [0.05, 0.1) is 25.4 Å². The summed E-state index contributed by atoms with van der Waals surface area (Å²) in [5, 5.41) is 4.07. The Bertz CT molecular complexity index is 907. The molecule has 0 spiro atoms. The molecule has 0 fully saturated rings. The van der Waals surface area contributed by atoms with Crippen LogP contribution in [0.2, 0.25) is 0 Å². The van der Waals surface area contributed by atoms with Crippen molar-refractivity contribution in [2.45, 2.75) is 31.8 Å². The highest BCUT2D eigenvalue weighted by Crippen LogP contribution is 2.43. The van der Waals surface area contributed by atoms with Gasteiger partial charge in [0.2, 0.25) is 17.6 Å².